The van der Waals surface area contributed by atoms with Crippen LogP contribution in [0.5, 0.6) is 5.75 Å². The molecule has 1 fully saturated rings. The van der Waals surface area contributed by atoms with Crippen molar-refractivity contribution in [2.45, 2.75) is 25.8 Å². The van der Waals surface area contributed by atoms with E-state index in [-0.39, 0.29) is 11.9 Å². The minimum atomic E-state index is -0.132. The third-order valence-corrected chi connectivity index (χ3v) is 3.74. The molecule has 19 heavy (non-hydrogen) atoms. The van der Waals surface area contributed by atoms with Crippen molar-refractivity contribution in [2.75, 3.05) is 18.5 Å². The van der Waals surface area contributed by atoms with E-state index in [0.29, 0.717) is 23.1 Å². The largest absolute Gasteiger partial charge is 0.491 e. The Morgan fingerprint density at radius 3 is 3.05 bits per heavy atom. The first-order chi connectivity index (χ1) is 9.11. The number of amides is 1. The van der Waals surface area contributed by atoms with E-state index in [1.807, 2.05) is 6.92 Å². The normalized spacial score (nSPS) is 18.4. The number of carbonyl (C=O) groups is 1. The second-order valence-corrected chi connectivity index (χ2v) is 5.63. The third kappa shape index (κ3) is 3.61. The third-order valence-electron chi connectivity index (χ3n) is 2.93. The Morgan fingerprint density at radius 1 is 1.63 bits per heavy atom. The second kappa shape index (κ2) is 6.59. The molecule has 0 saturated carbocycles. The molecule has 6 heteroatoms. The topological polar surface area (TPSA) is 50.4 Å². The van der Waals surface area contributed by atoms with Crippen LogP contribution >= 0.6 is 27.5 Å². The summed E-state index contributed by atoms with van der Waals surface area (Å²) < 4.78 is 6.28. The lowest BCUT2D eigenvalue weighted by atomic mass is 10.2. The monoisotopic (exact) mass is 346 g/mol. The zero-order valence-electron chi connectivity index (χ0n) is 10.6. The van der Waals surface area contributed by atoms with E-state index in [0.717, 1.165) is 23.9 Å². The van der Waals surface area contributed by atoms with Crippen LogP contribution in [-0.4, -0.2) is 25.1 Å². The first kappa shape index (κ1) is 14.6. The maximum atomic E-state index is 12.1. The molecule has 2 N–H and O–H groups in total. The number of benzene rings is 1. The Labute approximate surface area is 126 Å². The number of hydrogen-bond acceptors (Lipinski definition) is 3. The van der Waals surface area contributed by atoms with Crippen LogP contribution in [0.25, 0.3) is 0 Å². The van der Waals surface area contributed by atoms with Crippen LogP contribution in [0.3, 0.4) is 0 Å². The van der Waals surface area contributed by atoms with Gasteiger partial charge in [0, 0.05) is 5.02 Å². The van der Waals surface area contributed by atoms with E-state index in [1.54, 1.807) is 12.1 Å². The summed E-state index contributed by atoms with van der Waals surface area (Å²) in [5, 5.41) is 6.58. The quantitative estimate of drug-likeness (QED) is 0.879. The van der Waals surface area contributed by atoms with Gasteiger partial charge >= 0.3 is 0 Å². The number of rotatable bonds is 4. The molecule has 1 aliphatic heterocycles. The number of halogens is 2. The SMILES string of the molecule is CCOc1c(Br)cc(Cl)cc1NC(=O)[C@@H]1CCCN1. The standard InChI is InChI=1S/C13H16BrClN2O2/c1-2-19-12-9(14)6-8(15)7-11(12)17-13(18)10-4-3-5-16-10/h6-7,10,16H,2-5H2,1H3,(H,17,18)/t10-/m0/s1. The van der Waals surface area contributed by atoms with E-state index in [4.69, 9.17) is 16.3 Å². The summed E-state index contributed by atoms with van der Waals surface area (Å²) in [6.07, 6.45) is 1.88. The van der Waals surface area contributed by atoms with Crippen LogP contribution < -0.4 is 15.4 Å². The smallest absolute Gasteiger partial charge is 0.241 e. The highest BCUT2D eigenvalue weighted by molar-refractivity contribution is 9.10. The van der Waals surface area contributed by atoms with Gasteiger partial charge < -0.3 is 15.4 Å². The van der Waals surface area contributed by atoms with Crippen molar-refractivity contribution < 1.29 is 9.53 Å². The number of nitrogens with one attached hydrogen (secondary N) is 2. The minimum Gasteiger partial charge on any atom is -0.491 e. The van der Waals surface area contributed by atoms with Gasteiger partial charge in [-0.15, -0.1) is 0 Å². The lowest BCUT2D eigenvalue weighted by Gasteiger charge is -2.16. The number of carbonyl (C=O) groups excluding carboxylic acids is 1. The fourth-order valence-electron chi connectivity index (χ4n) is 2.07. The maximum absolute atomic E-state index is 12.1. The van der Waals surface area contributed by atoms with E-state index in [1.165, 1.54) is 0 Å². The van der Waals surface area contributed by atoms with Crippen molar-refractivity contribution in [3.63, 3.8) is 0 Å². The summed E-state index contributed by atoms with van der Waals surface area (Å²) in [5.41, 5.74) is 0.597. The molecule has 0 aromatic heterocycles. The molecule has 0 radical (unpaired) electrons. The lowest BCUT2D eigenvalue weighted by Crippen LogP contribution is -2.35. The zero-order valence-corrected chi connectivity index (χ0v) is 13.0. The van der Waals surface area contributed by atoms with Crippen molar-refractivity contribution in [3.8, 4) is 5.75 Å². The Hall–Kier alpha value is -0.780. The lowest BCUT2D eigenvalue weighted by molar-refractivity contribution is -0.117. The number of hydrogen-bond donors (Lipinski definition) is 2. The van der Waals surface area contributed by atoms with Crippen molar-refractivity contribution in [3.05, 3.63) is 21.6 Å². The highest BCUT2D eigenvalue weighted by atomic mass is 79.9. The molecule has 1 aromatic carbocycles. The highest BCUT2D eigenvalue weighted by Gasteiger charge is 2.23. The van der Waals surface area contributed by atoms with Crippen LogP contribution in [0.15, 0.2) is 16.6 Å². The van der Waals surface area contributed by atoms with E-state index in [2.05, 4.69) is 26.6 Å². The predicted molar refractivity (Wildman–Crippen MR) is 80.0 cm³/mol. The molecule has 1 amide bonds. The fourth-order valence-corrected chi connectivity index (χ4v) is 3.00. The molecule has 0 bridgehead atoms. The van der Waals surface area contributed by atoms with Crippen molar-refractivity contribution in [2.24, 2.45) is 0 Å². The van der Waals surface area contributed by atoms with Crippen LogP contribution in [0.1, 0.15) is 19.8 Å². The number of anilines is 1. The summed E-state index contributed by atoms with van der Waals surface area (Å²) in [5.74, 6) is 0.561. The molecule has 1 heterocycles. The summed E-state index contributed by atoms with van der Waals surface area (Å²) in [7, 11) is 0. The molecule has 4 nitrogen and oxygen atoms in total. The highest BCUT2D eigenvalue weighted by Crippen LogP contribution is 2.36. The van der Waals surface area contributed by atoms with E-state index >= 15 is 0 Å². The molecule has 1 atom stereocenters. The van der Waals surface area contributed by atoms with Gasteiger partial charge in [-0.25, -0.2) is 0 Å². The Morgan fingerprint density at radius 2 is 2.42 bits per heavy atom. The first-order valence-corrected chi connectivity index (χ1v) is 7.45. The van der Waals surface area contributed by atoms with Gasteiger partial charge in [0.2, 0.25) is 5.91 Å². The molecule has 0 aliphatic carbocycles. The van der Waals surface area contributed by atoms with Crippen LogP contribution in [-0.2, 0) is 4.79 Å². The van der Waals surface area contributed by atoms with Crippen LogP contribution in [0.2, 0.25) is 5.02 Å². The van der Waals surface area contributed by atoms with Gasteiger partial charge in [-0.05, 0) is 54.4 Å². The van der Waals surface area contributed by atoms with Gasteiger partial charge in [0.15, 0.2) is 5.75 Å². The molecule has 1 aliphatic rings. The molecular formula is C13H16BrClN2O2. The van der Waals surface area contributed by atoms with Crippen LogP contribution in [0, 0.1) is 0 Å². The molecule has 104 valence electrons. The van der Waals surface area contributed by atoms with Gasteiger partial charge in [-0.3, -0.25) is 4.79 Å². The van der Waals surface area contributed by atoms with E-state index < -0.39 is 0 Å². The van der Waals surface area contributed by atoms with Gasteiger partial charge in [0.25, 0.3) is 0 Å². The molecule has 0 spiro atoms. The Kier molecular flexibility index (Phi) is 5.07. The molecule has 1 aromatic rings. The summed E-state index contributed by atoms with van der Waals surface area (Å²) in [6, 6.07) is 3.31. The minimum absolute atomic E-state index is 0.0485. The molecule has 2 rings (SSSR count). The van der Waals surface area contributed by atoms with Crippen molar-refractivity contribution in [1.82, 2.24) is 5.32 Å². The first-order valence-electron chi connectivity index (χ1n) is 6.28. The zero-order chi connectivity index (χ0) is 13.8. The predicted octanol–water partition coefficient (Wildman–Crippen LogP) is 3.19. The molecule has 1 saturated heterocycles. The maximum Gasteiger partial charge on any atom is 0.241 e. The summed E-state index contributed by atoms with van der Waals surface area (Å²) in [4.78, 5) is 12.1. The summed E-state index contributed by atoms with van der Waals surface area (Å²) in [6.45, 7) is 3.30. The Balaban J connectivity index is 2.20. The van der Waals surface area contributed by atoms with Crippen molar-refractivity contribution in [1.29, 1.82) is 0 Å². The average molecular weight is 348 g/mol. The molecular weight excluding hydrogens is 332 g/mol. The van der Waals surface area contributed by atoms with Gasteiger partial charge in [-0.1, -0.05) is 11.6 Å². The van der Waals surface area contributed by atoms with E-state index in [9.17, 15) is 4.79 Å². The van der Waals surface area contributed by atoms with Gasteiger partial charge in [-0.2, -0.15) is 0 Å². The molecule has 0 unspecified atom stereocenters. The van der Waals surface area contributed by atoms with Crippen LogP contribution in [0.4, 0.5) is 5.69 Å². The Bertz CT molecular complexity index is 476. The number of ether oxygens (including phenoxy) is 1. The fraction of sp³-hybridized carbons (Fsp3) is 0.462. The van der Waals surface area contributed by atoms with Crippen molar-refractivity contribution >= 4 is 39.1 Å². The van der Waals surface area contributed by atoms with Gasteiger partial charge in [0.1, 0.15) is 0 Å². The van der Waals surface area contributed by atoms with Gasteiger partial charge in [0.05, 0.1) is 22.8 Å². The summed E-state index contributed by atoms with van der Waals surface area (Å²) >= 11 is 9.41. The average Bonchev–Trinajstić information content (AvgIpc) is 2.87. The second-order valence-electron chi connectivity index (χ2n) is 4.34.